The fourth-order valence-corrected chi connectivity index (χ4v) is 2.36. The molecular formula is C15H30N2O2. The molecule has 1 aliphatic rings. The van der Waals surface area contributed by atoms with Gasteiger partial charge in [0.05, 0.1) is 12.7 Å². The number of nitrogens with zero attached hydrogens (tertiary/aromatic N) is 2. The summed E-state index contributed by atoms with van der Waals surface area (Å²) in [5.74, 6) is 0.315. The molecule has 0 N–H and O–H groups in total. The van der Waals surface area contributed by atoms with E-state index in [1.807, 2.05) is 0 Å². The topological polar surface area (TPSA) is 32.8 Å². The zero-order valence-electron chi connectivity index (χ0n) is 12.9. The van der Waals surface area contributed by atoms with E-state index in [9.17, 15) is 4.79 Å². The Labute approximate surface area is 118 Å². The van der Waals surface area contributed by atoms with Crippen LogP contribution in [0.4, 0.5) is 0 Å². The van der Waals surface area contributed by atoms with E-state index in [4.69, 9.17) is 4.74 Å². The van der Waals surface area contributed by atoms with Gasteiger partial charge in [0.25, 0.3) is 0 Å². The van der Waals surface area contributed by atoms with Crippen molar-refractivity contribution in [3.05, 3.63) is 0 Å². The minimum Gasteiger partial charge on any atom is -0.377 e. The van der Waals surface area contributed by atoms with Crippen molar-refractivity contribution in [2.24, 2.45) is 0 Å². The van der Waals surface area contributed by atoms with Crippen LogP contribution in [0, 0.1) is 0 Å². The van der Waals surface area contributed by atoms with Gasteiger partial charge >= 0.3 is 0 Å². The predicted octanol–water partition coefficient (Wildman–Crippen LogP) is 1.79. The molecule has 0 aromatic heterocycles. The molecule has 1 fully saturated rings. The van der Waals surface area contributed by atoms with E-state index in [-0.39, 0.29) is 0 Å². The van der Waals surface area contributed by atoms with Gasteiger partial charge in [-0.25, -0.2) is 0 Å². The third kappa shape index (κ3) is 8.35. The van der Waals surface area contributed by atoms with Gasteiger partial charge in [-0.15, -0.1) is 0 Å². The molecule has 1 aliphatic heterocycles. The maximum atomic E-state index is 10.9. The summed E-state index contributed by atoms with van der Waals surface area (Å²) < 4.78 is 5.59. The number of ketones is 1. The van der Waals surface area contributed by atoms with Crippen LogP contribution < -0.4 is 0 Å². The number of rotatable bonds is 9. The number of carbonyl (C=O) groups is 1. The van der Waals surface area contributed by atoms with Crippen LogP contribution in [0.25, 0.3) is 0 Å². The summed E-state index contributed by atoms with van der Waals surface area (Å²) in [7, 11) is 0. The number of unbranched alkanes of at least 4 members (excludes halogenated alkanes) is 1. The Morgan fingerprint density at radius 2 is 1.63 bits per heavy atom. The maximum absolute atomic E-state index is 10.9. The molecule has 0 unspecified atom stereocenters. The molecule has 0 bridgehead atoms. The van der Waals surface area contributed by atoms with Crippen LogP contribution in [0.5, 0.6) is 0 Å². The fourth-order valence-electron chi connectivity index (χ4n) is 2.36. The smallest absolute Gasteiger partial charge is 0.129 e. The quantitative estimate of drug-likeness (QED) is 0.598. The molecular weight excluding hydrogens is 240 g/mol. The van der Waals surface area contributed by atoms with Crippen molar-refractivity contribution in [1.82, 2.24) is 9.80 Å². The number of piperazine rings is 1. The molecule has 1 heterocycles. The van der Waals surface area contributed by atoms with Crippen LogP contribution in [0.3, 0.4) is 0 Å². The summed E-state index contributed by atoms with van der Waals surface area (Å²) >= 11 is 0. The van der Waals surface area contributed by atoms with Crippen molar-refractivity contribution in [2.75, 3.05) is 45.9 Å². The lowest BCUT2D eigenvalue weighted by Gasteiger charge is -2.34. The second kappa shape index (κ2) is 9.45. The largest absolute Gasteiger partial charge is 0.377 e. The Morgan fingerprint density at radius 3 is 2.16 bits per heavy atom. The Morgan fingerprint density at radius 1 is 1.05 bits per heavy atom. The number of ether oxygens (including phenoxy) is 1. The summed E-state index contributed by atoms with van der Waals surface area (Å²) in [6.45, 7) is 13.5. The molecule has 1 saturated heterocycles. The average molecular weight is 270 g/mol. The lowest BCUT2D eigenvalue weighted by atomic mass is 10.2. The second-order valence-electron chi connectivity index (χ2n) is 5.76. The minimum atomic E-state index is 0.315. The van der Waals surface area contributed by atoms with Gasteiger partial charge in [0.15, 0.2) is 0 Å². The second-order valence-corrected chi connectivity index (χ2v) is 5.76. The highest BCUT2D eigenvalue weighted by atomic mass is 16.5. The van der Waals surface area contributed by atoms with Crippen LogP contribution in [0.15, 0.2) is 0 Å². The first-order valence-electron chi connectivity index (χ1n) is 7.63. The van der Waals surface area contributed by atoms with Crippen LogP contribution in [-0.4, -0.2) is 67.6 Å². The zero-order valence-corrected chi connectivity index (χ0v) is 12.9. The highest BCUT2D eigenvalue weighted by molar-refractivity contribution is 5.75. The summed E-state index contributed by atoms with van der Waals surface area (Å²) in [6.07, 6.45) is 3.27. The van der Waals surface area contributed by atoms with Gasteiger partial charge in [-0.2, -0.15) is 0 Å². The van der Waals surface area contributed by atoms with E-state index in [1.54, 1.807) is 6.92 Å². The van der Waals surface area contributed by atoms with Crippen LogP contribution in [-0.2, 0) is 9.53 Å². The fraction of sp³-hybridized carbons (Fsp3) is 0.933. The zero-order chi connectivity index (χ0) is 14.1. The van der Waals surface area contributed by atoms with Crippen molar-refractivity contribution < 1.29 is 9.53 Å². The third-order valence-corrected chi connectivity index (χ3v) is 3.58. The molecule has 0 amide bonds. The highest BCUT2D eigenvalue weighted by Crippen LogP contribution is 2.05. The van der Waals surface area contributed by atoms with Gasteiger partial charge in [0, 0.05) is 39.1 Å². The van der Waals surface area contributed by atoms with E-state index >= 15 is 0 Å². The molecule has 0 aromatic rings. The molecule has 0 radical (unpaired) electrons. The molecule has 1 rings (SSSR count). The van der Waals surface area contributed by atoms with Crippen LogP contribution >= 0.6 is 0 Å². The molecule has 0 spiro atoms. The Kier molecular flexibility index (Phi) is 8.26. The molecule has 0 saturated carbocycles. The minimum absolute atomic E-state index is 0.315. The Balaban J connectivity index is 2.00. The van der Waals surface area contributed by atoms with E-state index in [0.29, 0.717) is 11.9 Å². The first kappa shape index (κ1) is 16.6. The van der Waals surface area contributed by atoms with Crippen molar-refractivity contribution in [3.8, 4) is 0 Å². The number of hydrogen-bond donors (Lipinski definition) is 0. The van der Waals surface area contributed by atoms with Gasteiger partial charge in [-0.05, 0) is 40.2 Å². The van der Waals surface area contributed by atoms with Gasteiger partial charge in [0.2, 0.25) is 0 Å². The highest BCUT2D eigenvalue weighted by Gasteiger charge is 2.16. The van der Waals surface area contributed by atoms with Crippen molar-refractivity contribution in [3.63, 3.8) is 0 Å². The molecule has 4 heteroatoms. The van der Waals surface area contributed by atoms with Crippen molar-refractivity contribution in [2.45, 2.75) is 46.1 Å². The summed E-state index contributed by atoms with van der Waals surface area (Å²) in [5, 5.41) is 0. The molecule has 0 aromatic carbocycles. The van der Waals surface area contributed by atoms with Crippen LogP contribution in [0.2, 0.25) is 0 Å². The summed E-state index contributed by atoms with van der Waals surface area (Å²) in [6, 6.07) is 0. The monoisotopic (exact) mass is 270 g/mol. The SMILES string of the molecule is CC(=O)CCCCN1CCN(CCOC(C)C)CC1. The van der Waals surface area contributed by atoms with E-state index < -0.39 is 0 Å². The summed E-state index contributed by atoms with van der Waals surface area (Å²) in [4.78, 5) is 15.8. The number of hydrogen-bond acceptors (Lipinski definition) is 4. The van der Waals surface area contributed by atoms with E-state index in [0.717, 1.165) is 65.1 Å². The van der Waals surface area contributed by atoms with Gasteiger partial charge in [-0.3, -0.25) is 4.90 Å². The Bertz CT molecular complexity index is 249. The van der Waals surface area contributed by atoms with Gasteiger partial charge in [0.1, 0.15) is 5.78 Å². The van der Waals surface area contributed by atoms with E-state index in [1.165, 1.54) is 0 Å². The third-order valence-electron chi connectivity index (χ3n) is 3.58. The maximum Gasteiger partial charge on any atom is 0.129 e. The molecule has 112 valence electrons. The van der Waals surface area contributed by atoms with Crippen molar-refractivity contribution >= 4 is 5.78 Å². The molecule has 0 aliphatic carbocycles. The molecule has 19 heavy (non-hydrogen) atoms. The lowest BCUT2D eigenvalue weighted by molar-refractivity contribution is -0.117. The van der Waals surface area contributed by atoms with Crippen molar-refractivity contribution in [1.29, 1.82) is 0 Å². The first-order valence-corrected chi connectivity index (χ1v) is 7.63. The summed E-state index contributed by atoms with van der Waals surface area (Å²) in [5.41, 5.74) is 0. The standard InChI is InChI=1S/C15H30N2O2/c1-14(2)19-13-12-17-10-8-16(9-11-17)7-5-4-6-15(3)18/h14H,4-13H2,1-3H3. The van der Waals surface area contributed by atoms with Gasteiger partial charge in [-0.1, -0.05) is 0 Å². The lowest BCUT2D eigenvalue weighted by Crippen LogP contribution is -2.47. The number of Topliss-reactive ketones (excluding diaryl/α,β-unsaturated/α-hetero) is 1. The predicted molar refractivity (Wildman–Crippen MR) is 78.5 cm³/mol. The first-order chi connectivity index (χ1) is 9.08. The number of carbonyl (C=O) groups excluding carboxylic acids is 1. The molecule has 0 atom stereocenters. The molecule has 4 nitrogen and oxygen atoms in total. The van der Waals surface area contributed by atoms with E-state index in [2.05, 4.69) is 23.6 Å². The normalized spacial score (nSPS) is 18.1. The average Bonchev–Trinajstić information content (AvgIpc) is 2.36. The Hall–Kier alpha value is -0.450. The van der Waals surface area contributed by atoms with Crippen LogP contribution in [0.1, 0.15) is 40.0 Å². The van der Waals surface area contributed by atoms with Gasteiger partial charge < -0.3 is 14.4 Å².